The van der Waals surface area contributed by atoms with E-state index < -0.39 is 8.07 Å². The van der Waals surface area contributed by atoms with E-state index in [9.17, 15) is 0 Å². The van der Waals surface area contributed by atoms with Crippen molar-refractivity contribution in [3.63, 3.8) is 0 Å². The first-order chi connectivity index (χ1) is 22.6. The van der Waals surface area contributed by atoms with Crippen molar-refractivity contribution in [3.05, 3.63) is 140 Å². The van der Waals surface area contributed by atoms with E-state index >= 15 is 0 Å². The molecule has 9 aromatic rings. The molecular formula is C42H29NO2Si. The lowest BCUT2D eigenvalue weighted by molar-refractivity contribution is 0.670. The fourth-order valence-electron chi connectivity index (χ4n) is 7.78. The van der Waals surface area contributed by atoms with Crippen LogP contribution >= 0.6 is 0 Å². The van der Waals surface area contributed by atoms with Crippen molar-refractivity contribution in [2.45, 2.75) is 13.1 Å². The standard InChI is InChI=1S/C42H29NO2Si/c1-46(2)38-23-22-34-31-14-8-9-15-36(31)44-42(34)40(38)35-21-18-29(25-39(35)46)43(27-11-4-3-5-12-27)28-17-20-32-33-19-16-26-10-6-7-13-30(26)41(33)45-37(32)24-28/h3-25H,1-2H3. The molecule has 0 radical (unpaired) electrons. The smallest absolute Gasteiger partial charge is 0.143 e. The second-order valence-corrected chi connectivity index (χ2v) is 17.3. The van der Waals surface area contributed by atoms with E-state index in [0.29, 0.717) is 0 Å². The molecule has 10 rings (SSSR count). The first-order valence-corrected chi connectivity index (χ1v) is 18.9. The Hall–Kier alpha value is -5.58. The van der Waals surface area contributed by atoms with Crippen LogP contribution in [0.25, 0.3) is 65.8 Å². The fourth-order valence-corrected chi connectivity index (χ4v) is 10.8. The Bertz CT molecular complexity index is 2680. The molecule has 0 bridgehead atoms. The summed E-state index contributed by atoms with van der Waals surface area (Å²) in [5.41, 5.74) is 9.67. The third kappa shape index (κ3) is 3.47. The molecular weight excluding hydrogens is 579 g/mol. The lowest BCUT2D eigenvalue weighted by Gasteiger charge is -2.27. The van der Waals surface area contributed by atoms with E-state index in [4.69, 9.17) is 8.83 Å². The molecule has 0 amide bonds. The number of furan rings is 2. The van der Waals surface area contributed by atoms with E-state index in [0.717, 1.165) is 55.6 Å². The molecule has 0 spiro atoms. The summed E-state index contributed by atoms with van der Waals surface area (Å²) in [5.74, 6) is 0. The molecule has 218 valence electrons. The van der Waals surface area contributed by atoms with Gasteiger partial charge in [-0.05, 0) is 69.9 Å². The molecule has 0 unspecified atom stereocenters. The van der Waals surface area contributed by atoms with Gasteiger partial charge in [0.2, 0.25) is 0 Å². The molecule has 1 aliphatic heterocycles. The number of nitrogens with zero attached hydrogens (tertiary/aromatic N) is 1. The normalized spacial score (nSPS) is 13.6. The molecule has 4 heteroatoms. The summed E-state index contributed by atoms with van der Waals surface area (Å²) in [6.07, 6.45) is 0. The number of benzene rings is 7. The average Bonchev–Trinajstić information content (AvgIpc) is 3.73. The van der Waals surface area contributed by atoms with Crippen LogP contribution in [0, 0.1) is 0 Å². The number of hydrogen-bond acceptors (Lipinski definition) is 3. The van der Waals surface area contributed by atoms with Gasteiger partial charge in [-0.1, -0.05) is 98.0 Å². The Morgan fingerprint density at radius 3 is 2.00 bits per heavy atom. The molecule has 7 aromatic carbocycles. The zero-order valence-electron chi connectivity index (χ0n) is 25.5. The Balaban J connectivity index is 1.17. The molecule has 1 aliphatic rings. The Morgan fingerprint density at radius 2 is 1.11 bits per heavy atom. The quantitative estimate of drug-likeness (QED) is 0.187. The molecule has 0 saturated heterocycles. The van der Waals surface area contributed by atoms with Gasteiger partial charge in [-0.25, -0.2) is 0 Å². The summed E-state index contributed by atoms with van der Waals surface area (Å²) < 4.78 is 13.2. The van der Waals surface area contributed by atoms with Gasteiger partial charge in [0.1, 0.15) is 30.4 Å². The minimum atomic E-state index is -2.02. The van der Waals surface area contributed by atoms with Crippen LogP contribution in [-0.2, 0) is 0 Å². The molecule has 0 N–H and O–H groups in total. The monoisotopic (exact) mass is 607 g/mol. The van der Waals surface area contributed by atoms with Gasteiger partial charge in [0.05, 0.1) is 0 Å². The van der Waals surface area contributed by atoms with Crippen LogP contribution in [0.4, 0.5) is 17.1 Å². The van der Waals surface area contributed by atoms with Crippen molar-refractivity contribution >= 4 is 90.2 Å². The van der Waals surface area contributed by atoms with Crippen LogP contribution in [0.15, 0.2) is 148 Å². The third-order valence-corrected chi connectivity index (χ3v) is 13.6. The predicted molar refractivity (Wildman–Crippen MR) is 195 cm³/mol. The topological polar surface area (TPSA) is 29.5 Å². The first kappa shape index (κ1) is 25.7. The van der Waals surface area contributed by atoms with E-state index in [1.54, 1.807) is 0 Å². The highest BCUT2D eigenvalue weighted by molar-refractivity contribution is 7.04. The van der Waals surface area contributed by atoms with Gasteiger partial charge < -0.3 is 13.7 Å². The molecule has 3 heterocycles. The van der Waals surface area contributed by atoms with Gasteiger partial charge in [0, 0.05) is 55.6 Å². The minimum Gasteiger partial charge on any atom is -0.455 e. The maximum Gasteiger partial charge on any atom is 0.143 e. The van der Waals surface area contributed by atoms with Crippen LogP contribution < -0.4 is 15.3 Å². The fraction of sp³-hybridized carbons (Fsp3) is 0.0476. The Kier molecular flexibility index (Phi) is 5.16. The molecule has 2 aromatic heterocycles. The summed E-state index contributed by atoms with van der Waals surface area (Å²) in [7, 11) is -2.02. The van der Waals surface area contributed by atoms with Crippen molar-refractivity contribution in [1.82, 2.24) is 0 Å². The molecule has 3 nitrogen and oxygen atoms in total. The Morgan fingerprint density at radius 1 is 0.457 bits per heavy atom. The lowest BCUT2D eigenvalue weighted by Crippen LogP contribution is -2.49. The Labute approximate surface area is 266 Å². The predicted octanol–water partition coefficient (Wildman–Crippen LogP) is 10.9. The van der Waals surface area contributed by atoms with E-state index in [1.165, 1.54) is 37.7 Å². The minimum absolute atomic E-state index is 0.889. The summed E-state index contributed by atoms with van der Waals surface area (Å²) >= 11 is 0. The molecule has 0 aliphatic carbocycles. The maximum absolute atomic E-state index is 6.61. The number of rotatable bonds is 3. The van der Waals surface area contributed by atoms with Crippen molar-refractivity contribution in [2.24, 2.45) is 0 Å². The summed E-state index contributed by atoms with van der Waals surface area (Å²) in [5, 5.41) is 9.84. The molecule has 0 saturated carbocycles. The first-order valence-electron chi connectivity index (χ1n) is 15.9. The van der Waals surface area contributed by atoms with Crippen molar-refractivity contribution < 1.29 is 8.83 Å². The SMILES string of the molecule is C[Si]1(C)c2cc(N(c3ccccc3)c3ccc4c(c3)oc3c5ccccc5ccc43)ccc2-c2c1ccc1c2oc2ccccc21. The van der Waals surface area contributed by atoms with Crippen LogP contribution in [0.5, 0.6) is 0 Å². The highest BCUT2D eigenvalue weighted by Gasteiger charge is 2.40. The number of fused-ring (bicyclic) bond motifs is 12. The second-order valence-electron chi connectivity index (χ2n) is 12.9. The van der Waals surface area contributed by atoms with Gasteiger partial charge in [0.15, 0.2) is 0 Å². The number of para-hydroxylation sites is 2. The van der Waals surface area contributed by atoms with Crippen molar-refractivity contribution in [1.29, 1.82) is 0 Å². The molecule has 46 heavy (non-hydrogen) atoms. The zero-order chi connectivity index (χ0) is 30.6. The molecule has 0 fully saturated rings. The average molecular weight is 608 g/mol. The lowest BCUT2D eigenvalue weighted by atomic mass is 10.0. The highest BCUT2D eigenvalue weighted by Crippen LogP contribution is 2.43. The van der Waals surface area contributed by atoms with Crippen molar-refractivity contribution in [3.8, 4) is 11.1 Å². The second kappa shape index (κ2) is 9.22. The van der Waals surface area contributed by atoms with Crippen LogP contribution in [0.1, 0.15) is 0 Å². The van der Waals surface area contributed by atoms with Crippen LogP contribution in [0.2, 0.25) is 13.1 Å². The summed E-state index contributed by atoms with van der Waals surface area (Å²) in [6, 6.07) is 50.1. The van der Waals surface area contributed by atoms with Gasteiger partial charge in [-0.2, -0.15) is 0 Å². The van der Waals surface area contributed by atoms with Crippen LogP contribution in [-0.4, -0.2) is 8.07 Å². The number of anilines is 3. The summed E-state index contributed by atoms with van der Waals surface area (Å²) in [6.45, 7) is 4.93. The molecule has 0 atom stereocenters. The highest BCUT2D eigenvalue weighted by atomic mass is 28.3. The van der Waals surface area contributed by atoms with E-state index in [2.05, 4.69) is 151 Å². The van der Waals surface area contributed by atoms with Gasteiger partial charge >= 0.3 is 0 Å². The third-order valence-electron chi connectivity index (χ3n) is 10.0. The summed E-state index contributed by atoms with van der Waals surface area (Å²) in [4.78, 5) is 2.36. The van der Waals surface area contributed by atoms with E-state index in [1.807, 2.05) is 6.07 Å². The zero-order valence-corrected chi connectivity index (χ0v) is 26.5. The van der Waals surface area contributed by atoms with Crippen LogP contribution in [0.3, 0.4) is 0 Å². The van der Waals surface area contributed by atoms with Gasteiger partial charge in [0.25, 0.3) is 0 Å². The van der Waals surface area contributed by atoms with E-state index in [-0.39, 0.29) is 0 Å². The number of hydrogen-bond donors (Lipinski definition) is 0. The largest absolute Gasteiger partial charge is 0.455 e. The van der Waals surface area contributed by atoms with Gasteiger partial charge in [-0.15, -0.1) is 0 Å². The maximum atomic E-state index is 6.61. The van der Waals surface area contributed by atoms with Gasteiger partial charge in [-0.3, -0.25) is 0 Å². The van der Waals surface area contributed by atoms with Crippen molar-refractivity contribution in [2.75, 3.05) is 4.90 Å².